The van der Waals surface area contributed by atoms with Gasteiger partial charge in [-0.3, -0.25) is 4.79 Å². The molecule has 0 bridgehead atoms. The molecule has 5 heteroatoms. The zero-order valence-corrected chi connectivity index (χ0v) is 17.1. The number of carbonyl (C=O) groups excluding carboxylic acids is 1. The number of hydrogen-bond donors (Lipinski definition) is 2. The Hall–Kier alpha value is -3.21. The molecule has 2 aromatic carbocycles. The van der Waals surface area contributed by atoms with Gasteiger partial charge in [-0.15, -0.1) is 0 Å². The number of nitrogens with zero attached hydrogens (tertiary/aromatic N) is 2. The highest BCUT2D eigenvalue weighted by Crippen LogP contribution is 2.32. The predicted octanol–water partition coefficient (Wildman–Crippen LogP) is 5.60. The van der Waals surface area contributed by atoms with Crippen molar-refractivity contribution in [2.45, 2.75) is 40.0 Å². The molecule has 0 fully saturated rings. The summed E-state index contributed by atoms with van der Waals surface area (Å²) >= 11 is 0. The molecule has 1 aromatic heterocycles. The van der Waals surface area contributed by atoms with E-state index in [1.165, 1.54) is 5.56 Å². The van der Waals surface area contributed by atoms with Gasteiger partial charge in [0.15, 0.2) is 5.78 Å². The van der Waals surface area contributed by atoms with Crippen molar-refractivity contribution in [3.63, 3.8) is 0 Å². The van der Waals surface area contributed by atoms with Crippen molar-refractivity contribution < 1.29 is 4.79 Å². The first-order valence-electron chi connectivity index (χ1n) is 10.2. The van der Waals surface area contributed by atoms with Gasteiger partial charge in [-0.25, -0.2) is 4.98 Å². The van der Waals surface area contributed by atoms with Crippen LogP contribution in [-0.2, 0) is 12.8 Å². The maximum atomic E-state index is 12.8. The molecule has 4 rings (SSSR count). The fourth-order valence-electron chi connectivity index (χ4n) is 3.73. The van der Waals surface area contributed by atoms with Crippen molar-refractivity contribution in [3.8, 4) is 0 Å². The van der Waals surface area contributed by atoms with Crippen molar-refractivity contribution in [2.24, 2.45) is 5.92 Å². The van der Waals surface area contributed by atoms with E-state index in [0.717, 1.165) is 35.5 Å². The van der Waals surface area contributed by atoms with Gasteiger partial charge in [0, 0.05) is 17.8 Å². The second-order valence-corrected chi connectivity index (χ2v) is 7.82. The zero-order chi connectivity index (χ0) is 20.4. The minimum atomic E-state index is 0.105. The summed E-state index contributed by atoms with van der Waals surface area (Å²) in [7, 11) is 0. The summed E-state index contributed by atoms with van der Waals surface area (Å²) in [4.78, 5) is 22.1. The number of anilines is 4. The van der Waals surface area contributed by atoms with Crippen molar-refractivity contribution >= 4 is 28.9 Å². The number of aromatic nitrogens is 2. The van der Waals surface area contributed by atoms with Crippen LogP contribution in [0.2, 0.25) is 0 Å². The van der Waals surface area contributed by atoms with E-state index in [0.29, 0.717) is 23.8 Å². The van der Waals surface area contributed by atoms with Crippen LogP contribution in [0.25, 0.3) is 0 Å². The average molecular weight is 386 g/mol. The van der Waals surface area contributed by atoms with Crippen LogP contribution in [0.15, 0.2) is 48.5 Å². The number of aryl methyl sites for hydroxylation is 2. The highest BCUT2D eigenvalue weighted by molar-refractivity contribution is 6.03. The highest BCUT2D eigenvalue weighted by Gasteiger charge is 2.28. The molecule has 0 saturated heterocycles. The molecule has 5 nitrogen and oxygen atoms in total. The summed E-state index contributed by atoms with van der Waals surface area (Å²) in [6, 6.07) is 16.3. The van der Waals surface area contributed by atoms with E-state index in [1.807, 2.05) is 43.3 Å². The van der Waals surface area contributed by atoms with Crippen LogP contribution in [-0.4, -0.2) is 15.8 Å². The van der Waals surface area contributed by atoms with E-state index in [1.54, 1.807) is 0 Å². The van der Waals surface area contributed by atoms with Crippen LogP contribution in [0.5, 0.6) is 0 Å². The third-order valence-electron chi connectivity index (χ3n) is 5.24. The lowest BCUT2D eigenvalue weighted by Gasteiger charge is -2.23. The molecule has 2 N–H and O–H groups in total. The zero-order valence-electron chi connectivity index (χ0n) is 17.1. The highest BCUT2D eigenvalue weighted by atomic mass is 16.1. The Morgan fingerprint density at radius 1 is 1.00 bits per heavy atom. The van der Waals surface area contributed by atoms with E-state index >= 15 is 0 Å². The van der Waals surface area contributed by atoms with Crippen molar-refractivity contribution in [1.29, 1.82) is 0 Å². The number of carbonyl (C=O) groups is 1. The van der Waals surface area contributed by atoms with Crippen LogP contribution in [0.4, 0.5) is 23.1 Å². The molecule has 3 aromatic rings. The Kier molecular flexibility index (Phi) is 5.30. The molecule has 29 heavy (non-hydrogen) atoms. The summed E-state index contributed by atoms with van der Waals surface area (Å²) in [5.74, 6) is 1.47. The van der Waals surface area contributed by atoms with Gasteiger partial charge in [0.25, 0.3) is 0 Å². The Morgan fingerprint density at radius 3 is 2.52 bits per heavy atom. The molecule has 1 heterocycles. The van der Waals surface area contributed by atoms with E-state index in [9.17, 15) is 4.79 Å². The Bertz CT molecular complexity index is 1040. The summed E-state index contributed by atoms with van der Waals surface area (Å²) in [5.41, 5.74) is 5.71. The Morgan fingerprint density at radius 2 is 1.79 bits per heavy atom. The van der Waals surface area contributed by atoms with Gasteiger partial charge in [-0.2, -0.15) is 4.98 Å². The molecule has 1 atom stereocenters. The topological polar surface area (TPSA) is 66.9 Å². The SMILES string of the molecule is CCc1ccc(Nc2nc(Nc3cccc(C)c3)nc3c2C(=O)CC(C)C3)cc1. The molecule has 1 aliphatic rings. The summed E-state index contributed by atoms with van der Waals surface area (Å²) in [6.07, 6.45) is 2.30. The fraction of sp³-hybridized carbons (Fsp3) is 0.292. The van der Waals surface area contributed by atoms with E-state index in [2.05, 4.69) is 46.6 Å². The number of benzene rings is 2. The van der Waals surface area contributed by atoms with Gasteiger partial charge in [-0.05, 0) is 61.1 Å². The molecule has 148 valence electrons. The summed E-state index contributed by atoms with van der Waals surface area (Å²) < 4.78 is 0. The Balaban J connectivity index is 1.72. The summed E-state index contributed by atoms with van der Waals surface area (Å²) in [5, 5.41) is 6.65. The van der Waals surface area contributed by atoms with Crippen molar-refractivity contribution in [2.75, 3.05) is 10.6 Å². The first-order valence-corrected chi connectivity index (χ1v) is 10.2. The lowest BCUT2D eigenvalue weighted by atomic mass is 9.87. The first kappa shape index (κ1) is 19.1. The number of rotatable bonds is 5. The Labute approximate surface area is 171 Å². The minimum Gasteiger partial charge on any atom is -0.339 e. The second kappa shape index (κ2) is 8.03. The maximum absolute atomic E-state index is 12.8. The third-order valence-corrected chi connectivity index (χ3v) is 5.24. The minimum absolute atomic E-state index is 0.105. The number of hydrogen-bond acceptors (Lipinski definition) is 5. The molecule has 0 amide bonds. The largest absolute Gasteiger partial charge is 0.339 e. The molecule has 0 aliphatic heterocycles. The van der Waals surface area contributed by atoms with Crippen LogP contribution in [0.3, 0.4) is 0 Å². The number of fused-ring (bicyclic) bond motifs is 1. The molecular formula is C24H26N4O. The fourth-order valence-corrected chi connectivity index (χ4v) is 3.73. The van der Waals surface area contributed by atoms with Gasteiger partial charge in [0.2, 0.25) is 5.95 Å². The molecule has 0 saturated carbocycles. The lowest BCUT2D eigenvalue weighted by Crippen LogP contribution is -2.22. The van der Waals surface area contributed by atoms with Gasteiger partial charge in [-0.1, -0.05) is 38.1 Å². The maximum Gasteiger partial charge on any atom is 0.229 e. The monoisotopic (exact) mass is 386 g/mol. The van der Waals surface area contributed by atoms with E-state index in [-0.39, 0.29) is 11.7 Å². The van der Waals surface area contributed by atoms with Crippen molar-refractivity contribution in [1.82, 2.24) is 9.97 Å². The summed E-state index contributed by atoms with van der Waals surface area (Å²) in [6.45, 7) is 6.27. The van der Waals surface area contributed by atoms with Crippen molar-refractivity contribution in [3.05, 3.63) is 70.9 Å². The average Bonchev–Trinajstić information content (AvgIpc) is 2.68. The molecular weight excluding hydrogens is 360 g/mol. The third kappa shape index (κ3) is 4.29. The number of nitrogens with one attached hydrogen (secondary N) is 2. The molecule has 0 spiro atoms. The van der Waals surface area contributed by atoms with Crippen LogP contribution in [0.1, 0.15) is 47.4 Å². The van der Waals surface area contributed by atoms with E-state index in [4.69, 9.17) is 0 Å². The second-order valence-electron chi connectivity index (χ2n) is 7.82. The van der Waals surface area contributed by atoms with Gasteiger partial charge in [0.05, 0.1) is 11.3 Å². The number of Topliss-reactive ketones (excluding diaryl/α,β-unsaturated/α-hetero) is 1. The quantitative estimate of drug-likeness (QED) is 0.597. The van der Waals surface area contributed by atoms with E-state index < -0.39 is 0 Å². The van der Waals surface area contributed by atoms with Crippen LogP contribution >= 0.6 is 0 Å². The predicted molar refractivity (Wildman–Crippen MR) is 117 cm³/mol. The van der Waals surface area contributed by atoms with Crippen LogP contribution < -0.4 is 10.6 Å². The smallest absolute Gasteiger partial charge is 0.229 e. The molecule has 1 unspecified atom stereocenters. The molecule has 1 aliphatic carbocycles. The number of ketones is 1. The van der Waals surface area contributed by atoms with Crippen LogP contribution in [0, 0.1) is 12.8 Å². The first-order chi connectivity index (χ1) is 14.0. The van der Waals surface area contributed by atoms with Gasteiger partial charge >= 0.3 is 0 Å². The molecule has 0 radical (unpaired) electrons. The normalized spacial score (nSPS) is 15.7. The van der Waals surface area contributed by atoms with Gasteiger partial charge < -0.3 is 10.6 Å². The standard InChI is InChI=1S/C24H26N4O/c1-4-17-8-10-18(11-9-17)25-23-22-20(13-16(3)14-21(22)29)27-24(28-23)26-19-7-5-6-15(2)12-19/h5-12,16H,4,13-14H2,1-3H3,(H2,25,26,27,28). The lowest BCUT2D eigenvalue weighted by molar-refractivity contribution is 0.0953. The van der Waals surface area contributed by atoms with Gasteiger partial charge in [0.1, 0.15) is 5.82 Å².